The van der Waals surface area contributed by atoms with E-state index in [9.17, 15) is 18.0 Å². The van der Waals surface area contributed by atoms with E-state index in [0.717, 1.165) is 24.2 Å². The summed E-state index contributed by atoms with van der Waals surface area (Å²) in [4.78, 5) is 21.7. The molecular weight excluding hydrogens is 417 g/mol. The third kappa shape index (κ3) is 4.16. The lowest BCUT2D eigenvalue weighted by Crippen LogP contribution is -2.47. The van der Waals surface area contributed by atoms with Gasteiger partial charge in [-0.1, -0.05) is 12.1 Å². The molecule has 2 saturated heterocycles. The fourth-order valence-corrected chi connectivity index (χ4v) is 4.41. The largest absolute Gasteiger partial charge is 0.416 e. The van der Waals surface area contributed by atoms with Crippen molar-refractivity contribution in [3.8, 4) is 11.3 Å². The van der Waals surface area contributed by atoms with Crippen molar-refractivity contribution in [3.63, 3.8) is 0 Å². The van der Waals surface area contributed by atoms with Gasteiger partial charge in [-0.05, 0) is 58.2 Å². The molecule has 0 radical (unpaired) electrons. The second-order valence-corrected chi connectivity index (χ2v) is 8.66. The van der Waals surface area contributed by atoms with Crippen LogP contribution in [0.15, 0.2) is 30.3 Å². The molecule has 0 bridgehead atoms. The maximum atomic E-state index is 12.8. The van der Waals surface area contributed by atoms with Gasteiger partial charge in [0.1, 0.15) is 11.4 Å². The SMILES string of the molecule is Cc1cc(-c2ccc(C(F)(F)F)cc2)nc([C@@H]2CC[C@@]3(CC(C)(C)NC3=O)N2)n1.Cl. The summed E-state index contributed by atoms with van der Waals surface area (Å²) in [5.41, 5.74) is 0.316. The van der Waals surface area contributed by atoms with Crippen molar-refractivity contribution in [2.45, 2.75) is 63.3 Å². The summed E-state index contributed by atoms with van der Waals surface area (Å²) < 4.78 is 38.5. The molecule has 2 aliphatic heterocycles. The van der Waals surface area contributed by atoms with Crippen LogP contribution >= 0.6 is 12.4 Å². The quantitative estimate of drug-likeness (QED) is 0.728. The number of nitrogens with one attached hydrogen (secondary N) is 2. The summed E-state index contributed by atoms with van der Waals surface area (Å²) in [6.07, 6.45) is -2.27. The average molecular weight is 441 g/mol. The van der Waals surface area contributed by atoms with Gasteiger partial charge in [0, 0.05) is 16.8 Å². The fraction of sp³-hybridized carbons (Fsp3) is 0.476. The van der Waals surface area contributed by atoms with Crippen molar-refractivity contribution >= 4 is 18.3 Å². The summed E-state index contributed by atoms with van der Waals surface area (Å²) in [5.74, 6) is 0.565. The molecule has 9 heteroatoms. The highest BCUT2D eigenvalue weighted by Gasteiger charge is 2.54. The Balaban J connectivity index is 0.00000256. The number of aryl methyl sites for hydroxylation is 1. The monoisotopic (exact) mass is 440 g/mol. The summed E-state index contributed by atoms with van der Waals surface area (Å²) >= 11 is 0. The molecule has 30 heavy (non-hydrogen) atoms. The van der Waals surface area contributed by atoms with Crippen LogP contribution in [0.3, 0.4) is 0 Å². The van der Waals surface area contributed by atoms with E-state index in [4.69, 9.17) is 0 Å². The van der Waals surface area contributed by atoms with Crippen LogP contribution in [0.2, 0.25) is 0 Å². The van der Waals surface area contributed by atoms with Crippen LogP contribution in [-0.2, 0) is 11.0 Å². The number of benzene rings is 1. The van der Waals surface area contributed by atoms with Crippen LogP contribution in [0.5, 0.6) is 0 Å². The first-order valence-corrected chi connectivity index (χ1v) is 9.61. The number of hydrogen-bond acceptors (Lipinski definition) is 4. The van der Waals surface area contributed by atoms with Gasteiger partial charge in [0.05, 0.1) is 17.3 Å². The zero-order valence-corrected chi connectivity index (χ0v) is 17.7. The van der Waals surface area contributed by atoms with E-state index in [0.29, 0.717) is 29.9 Å². The zero-order chi connectivity index (χ0) is 21.0. The van der Waals surface area contributed by atoms with E-state index in [-0.39, 0.29) is 29.9 Å². The highest BCUT2D eigenvalue weighted by molar-refractivity contribution is 5.90. The highest BCUT2D eigenvalue weighted by Crippen LogP contribution is 2.41. The molecule has 1 aromatic heterocycles. The van der Waals surface area contributed by atoms with Crippen LogP contribution in [0, 0.1) is 6.92 Å². The highest BCUT2D eigenvalue weighted by atomic mass is 35.5. The van der Waals surface area contributed by atoms with E-state index < -0.39 is 17.3 Å². The minimum atomic E-state index is -4.37. The van der Waals surface area contributed by atoms with Crippen molar-refractivity contribution in [1.29, 1.82) is 0 Å². The molecule has 5 nitrogen and oxygen atoms in total. The van der Waals surface area contributed by atoms with Gasteiger partial charge in [-0.3, -0.25) is 10.1 Å². The topological polar surface area (TPSA) is 66.9 Å². The number of carbonyl (C=O) groups is 1. The Labute approximate surface area is 179 Å². The van der Waals surface area contributed by atoms with Gasteiger partial charge < -0.3 is 5.32 Å². The Morgan fingerprint density at radius 1 is 1.13 bits per heavy atom. The Morgan fingerprint density at radius 3 is 2.37 bits per heavy atom. The van der Waals surface area contributed by atoms with Gasteiger partial charge in [0.15, 0.2) is 0 Å². The number of aromatic nitrogens is 2. The second kappa shape index (κ2) is 7.50. The molecule has 1 aromatic carbocycles. The van der Waals surface area contributed by atoms with E-state index in [2.05, 4.69) is 20.6 Å². The number of hydrogen-bond donors (Lipinski definition) is 2. The minimum Gasteiger partial charge on any atom is -0.350 e. The van der Waals surface area contributed by atoms with Crippen LogP contribution < -0.4 is 10.6 Å². The Morgan fingerprint density at radius 2 is 1.80 bits per heavy atom. The first-order chi connectivity index (χ1) is 13.5. The molecule has 3 heterocycles. The fourth-order valence-electron chi connectivity index (χ4n) is 4.41. The molecule has 162 valence electrons. The maximum Gasteiger partial charge on any atom is 0.416 e. The number of nitrogens with zero attached hydrogens (tertiary/aromatic N) is 2. The van der Waals surface area contributed by atoms with E-state index in [1.54, 1.807) is 6.07 Å². The van der Waals surface area contributed by atoms with Crippen molar-refractivity contribution < 1.29 is 18.0 Å². The van der Waals surface area contributed by atoms with Crippen molar-refractivity contribution in [2.75, 3.05) is 0 Å². The van der Waals surface area contributed by atoms with Gasteiger partial charge in [0.25, 0.3) is 0 Å². The molecule has 4 rings (SSSR count). The van der Waals surface area contributed by atoms with Crippen molar-refractivity contribution in [2.24, 2.45) is 0 Å². The number of halogens is 4. The van der Waals surface area contributed by atoms with Gasteiger partial charge in [-0.15, -0.1) is 12.4 Å². The summed E-state index contributed by atoms with van der Waals surface area (Å²) in [7, 11) is 0. The summed E-state index contributed by atoms with van der Waals surface area (Å²) in [5, 5.41) is 6.47. The lowest BCUT2D eigenvalue weighted by atomic mass is 9.88. The minimum absolute atomic E-state index is 0. The predicted molar refractivity (Wildman–Crippen MR) is 109 cm³/mol. The first kappa shape index (κ1) is 22.5. The van der Waals surface area contributed by atoms with Gasteiger partial charge >= 0.3 is 6.18 Å². The van der Waals surface area contributed by atoms with Crippen molar-refractivity contribution in [1.82, 2.24) is 20.6 Å². The number of carbonyl (C=O) groups excluding carboxylic acids is 1. The Hall–Kier alpha value is -2.19. The molecule has 2 fully saturated rings. The molecule has 2 N–H and O–H groups in total. The second-order valence-electron chi connectivity index (χ2n) is 8.66. The standard InChI is InChI=1S/C21H23F3N4O.ClH/c1-12-10-16(13-4-6-14(7-5-13)21(22,23)24)26-17(25-12)15-8-9-20(27-15)11-19(2,3)28-18(20)29;/h4-7,10,15,27H,8-9,11H2,1-3H3,(H,28,29);1H/t15-,20-;/m0./s1. The third-order valence-corrected chi connectivity index (χ3v) is 5.63. The molecule has 2 aromatic rings. The van der Waals surface area contributed by atoms with Gasteiger partial charge in [-0.25, -0.2) is 9.97 Å². The third-order valence-electron chi connectivity index (χ3n) is 5.63. The van der Waals surface area contributed by atoms with Crippen LogP contribution in [0.25, 0.3) is 11.3 Å². The maximum absolute atomic E-state index is 12.8. The molecule has 1 amide bonds. The zero-order valence-electron chi connectivity index (χ0n) is 16.9. The van der Waals surface area contributed by atoms with Crippen LogP contribution in [0.4, 0.5) is 13.2 Å². The normalized spacial score (nSPS) is 25.3. The smallest absolute Gasteiger partial charge is 0.350 e. The molecule has 2 atom stereocenters. The molecule has 0 aliphatic carbocycles. The van der Waals surface area contributed by atoms with E-state index >= 15 is 0 Å². The predicted octanol–water partition coefficient (Wildman–Crippen LogP) is 4.35. The molecular formula is C21H24ClF3N4O. The van der Waals surface area contributed by atoms with Crippen LogP contribution in [-0.4, -0.2) is 27.0 Å². The van der Waals surface area contributed by atoms with Crippen molar-refractivity contribution in [3.05, 3.63) is 47.4 Å². The molecule has 2 aliphatic rings. The van der Waals surface area contributed by atoms with Gasteiger partial charge in [0.2, 0.25) is 5.91 Å². The number of alkyl halides is 3. The Bertz CT molecular complexity index is 962. The molecule has 1 spiro atoms. The molecule has 0 saturated carbocycles. The Kier molecular flexibility index (Phi) is 5.62. The first-order valence-electron chi connectivity index (χ1n) is 9.61. The summed E-state index contributed by atoms with van der Waals surface area (Å²) in [6.45, 7) is 5.83. The van der Waals surface area contributed by atoms with Gasteiger partial charge in [-0.2, -0.15) is 13.2 Å². The molecule has 0 unspecified atom stereocenters. The van der Waals surface area contributed by atoms with Crippen LogP contribution in [0.1, 0.15) is 56.2 Å². The summed E-state index contributed by atoms with van der Waals surface area (Å²) in [6, 6.07) is 6.53. The number of amides is 1. The van der Waals surface area contributed by atoms with E-state index in [1.807, 2.05) is 20.8 Å². The van der Waals surface area contributed by atoms with E-state index in [1.165, 1.54) is 12.1 Å². The lowest BCUT2D eigenvalue weighted by molar-refractivity contribution is -0.137. The number of rotatable bonds is 2. The lowest BCUT2D eigenvalue weighted by Gasteiger charge is -2.23. The average Bonchev–Trinajstić information content (AvgIpc) is 3.14.